The van der Waals surface area contributed by atoms with Gasteiger partial charge in [-0.3, -0.25) is 4.79 Å². The third-order valence-electron chi connectivity index (χ3n) is 2.98. The number of hydrogen-bond acceptors (Lipinski definition) is 2. The molecule has 21 heavy (non-hydrogen) atoms. The van der Waals surface area contributed by atoms with E-state index >= 15 is 0 Å². The molecule has 0 atom stereocenters. The molecule has 0 saturated carbocycles. The summed E-state index contributed by atoms with van der Waals surface area (Å²) in [6.07, 6.45) is 0. The molecule has 0 unspecified atom stereocenters. The van der Waals surface area contributed by atoms with Gasteiger partial charge in [-0.25, -0.2) is 4.39 Å². The van der Waals surface area contributed by atoms with E-state index in [0.29, 0.717) is 16.3 Å². The number of halogens is 2. The van der Waals surface area contributed by atoms with Gasteiger partial charge in [0, 0.05) is 23.3 Å². The Kier molecular flexibility index (Phi) is 4.55. The predicted molar refractivity (Wildman–Crippen MR) is 86.5 cm³/mol. The summed E-state index contributed by atoms with van der Waals surface area (Å²) in [6, 6.07) is 10.7. The van der Waals surface area contributed by atoms with Crippen molar-refractivity contribution in [2.75, 3.05) is 11.9 Å². The minimum Gasteiger partial charge on any atom is -0.389 e. The molecule has 0 aliphatic heterocycles. The Balaban J connectivity index is 2.37. The van der Waals surface area contributed by atoms with Crippen molar-refractivity contribution in [1.29, 1.82) is 0 Å². The van der Waals surface area contributed by atoms with Crippen LogP contribution in [0.5, 0.6) is 0 Å². The Morgan fingerprint density at radius 1 is 1.29 bits per heavy atom. The fourth-order valence-electron chi connectivity index (χ4n) is 1.83. The van der Waals surface area contributed by atoms with Crippen LogP contribution in [-0.4, -0.2) is 17.9 Å². The molecule has 0 bridgehead atoms. The summed E-state index contributed by atoms with van der Waals surface area (Å²) in [6.45, 7) is 0. The Morgan fingerprint density at radius 3 is 2.67 bits per heavy atom. The molecule has 0 fully saturated rings. The molecular weight excluding hydrogens is 311 g/mol. The van der Waals surface area contributed by atoms with E-state index in [9.17, 15) is 9.18 Å². The van der Waals surface area contributed by atoms with Crippen LogP contribution < -0.4 is 10.6 Å². The van der Waals surface area contributed by atoms with Gasteiger partial charge in [0.2, 0.25) is 0 Å². The first-order chi connectivity index (χ1) is 9.90. The SMILES string of the molecule is CN(C(=O)c1cc(Cl)ccc1F)c1cccc(C(N)=S)c1. The standard InChI is InChI=1S/C15H12ClFN2OS/c1-19(11-4-2-3-9(7-11)14(18)21)15(20)12-8-10(16)5-6-13(12)17/h2-8H,1H3,(H2,18,21). The van der Waals surface area contributed by atoms with Crippen LogP contribution in [0.3, 0.4) is 0 Å². The highest BCUT2D eigenvalue weighted by atomic mass is 35.5. The van der Waals surface area contributed by atoms with E-state index in [2.05, 4.69) is 0 Å². The van der Waals surface area contributed by atoms with Crippen molar-refractivity contribution in [1.82, 2.24) is 0 Å². The van der Waals surface area contributed by atoms with Crippen LogP contribution in [0.1, 0.15) is 15.9 Å². The van der Waals surface area contributed by atoms with Gasteiger partial charge in [0.05, 0.1) is 5.56 Å². The maximum atomic E-state index is 13.8. The summed E-state index contributed by atoms with van der Waals surface area (Å²) in [7, 11) is 1.54. The van der Waals surface area contributed by atoms with Crippen molar-refractivity contribution < 1.29 is 9.18 Å². The number of nitrogens with two attached hydrogens (primary N) is 1. The second kappa shape index (κ2) is 6.20. The molecule has 0 heterocycles. The molecule has 2 rings (SSSR count). The lowest BCUT2D eigenvalue weighted by Gasteiger charge is -2.18. The van der Waals surface area contributed by atoms with Crippen molar-refractivity contribution in [3.63, 3.8) is 0 Å². The van der Waals surface area contributed by atoms with Crippen molar-refractivity contribution >= 4 is 40.4 Å². The van der Waals surface area contributed by atoms with Crippen LogP contribution in [0.4, 0.5) is 10.1 Å². The molecule has 0 aliphatic carbocycles. The van der Waals surface area contributed by atoms with Crippen LogP contribution in [-0.2, 0) is 0 Å². The van der Waals surface area contributed by atoms with Crippen LogP contribution in [0.2, 0.25) is 5.02 Å². The zero-order chi connectivity index (χ0) is 15.6. The summed E-state index contributed by atoms with van der Waals surface area (Å²) >= 11 is 10.7. The number of benzene rings is 2. The Bertz CT molecular complexity index is 721. The van der Waals surface area contributed by atoms with Gasteiger partial charge in [0.25, 0.3) is 5.91 Å². The number of carbonyl (C=O) groups excluding carboxylic acids is 1. The predicted octanol–water partition coefficient (Wildman–Crippen LogP) is 3.39. The first-order valence-corrected chi connectivity index (χ1v) is 6.81. The molecule has 0 radical (unpaired) electrons. The first-order valence-electron chi connectivity index (χ1n) is 6.03. The Hall–Kier alpha value is -1.98. The summed E-state index contributed by atoms with van der Waals surface area (Å²) < 4.78 is 13.8. The number of anilines is 1. The molecular formula is C15H12ClFN2OS. The Labute approximate surface area is 132 Å². The number of nitrogens with zero attached hydrogens (tertiary/aromatic N) is 1. The van der Waals surface area contributed by atoms with E-state index in [-0.39, 0.29) is 10.6 Å². The van der Waals surface area contributed by atoms with Gasteiger partial charge in [-0.1, -0.05) is 36.0 Å². The molecule has 2 aromatic rings. The lowest BCUT2D eigenvalue weighted by molar-refractivity contribution is 0.0989. The quantitative estimate of drug-likeness (QED) is 0.881. The monoisotopic (exact) mass is 322 g/mol. The largest absolute Gasteiger partial charge is 0.389 e. The van der Waals surface area contributed by atoms with Gasteiger partial charge in [-0.05, 0) is 30.3 Å². The molecule has 0 aromatic heterocycles. The minimum atomic E-state index is -0.623. The average molecular weight is 323 g/mol. The molecule has 0 aliphatic rings. The second-order valence-corrected chi connectivity index (χ2v) is 5.28. The molecule has 2 N–H and O–H groups in total. The number of carbonyl (C=O) groups is 1. The highest BCUT2D eigenvalue weighted by Gasteiger charge is 2.18. The van der Waals surface area contributed by atoms with Gasteiger partial charge in [-0.15, -0.1) is 0 Å². The zero-order valence-corrected chi connectivity index (χ0v) is 12.7. The summed E-state index contributed by atoms with van der Waals surface area (Å²) in [4.78, 5) is 13.9. The fraction of sp³-hybridized carbons (Fsp3) is 0.0667. The molecule has 1 amide bonds. The van der Waals surface area contributed by atoms with Crippen LogP contribution in [0.25, 0.3) is 0 Å². The van der Waals surface area contributed by atoms with Gasteiger partial charge < -0.3 is 10.6 Å². The number of hydrogen-bond donors (Lipinski definition) is 1. The maximum absolute atomic E-state index is 13.8. The van der Waals surface area contributed by atoms with Gasteiger partial charge >= 0.3 is 0 Å². The molecule has 3 nitrogen and oxygen atoms in total. The van der Waals surface area contributed by atoms with Crippen LogP contribution in [0.15, 0.2) is 42.5 Å². The number of rotatable bonds is 3. The summed E-state index contributed by atoms with van der Waals surface area (Å²) in [5.74, 6) is -1.13. The maximum Gasteiger partial charge on any atom is 0.261 e. The zero-order valence-electron chi connectivity index (χ0n) is 11.1. The fourth-order valence-corrected chi connectivity index (χ4v) is 2.13. The van der Waals surface area contributed by atoms with Crippen molar-refractivity contribution in [3.8, 4) is 0 Å². The minimum absolute atomic E-state index is 0.0919. The van der Waals surface area contributed by atoms with Gasteiger partial charge in [-0.2, -0.15) is 0 Å². The van der Waals surface area contributed by atoms with E-state index in [1.165, 1.54) is 17.0 Å². The van der Waals surface area contributed by atoms with Crippen molar-refractivity contribution in [2.45, 2.75) is 0 Å². The molecule has 108 valence electrons. The van der Waals surface area contributed by atoms with E-state index in [0.717, 1.165) is 6.07 Å². The van der Waals surface area contributed by atoms with Crippen LogP contribution >= 0.6 is 23.8 Å². The third kappa shape index (κ3) is 3.37. The van der Waals surface area contributed by atoms with E-state index in [1.807, 2.05) is 0 Å². The smallest absolute Gasteiger partial charge is 0.261 e. The third-order valence-corrected chi connectivity index (χ3v) is 3.45. The molecule has 0 spiro atoms. The van der Waals surface area contributed by atoms with Gasteiger partial charge in [0.15, 0.2) is 0 Å². The lowest BCUT2D eigenvalue weighted by Crippen LogP contribution is -2.27. The van der Waals surface area contributed by atoms with Crippen LogP contribution in [0, 0.1) is 5.82 Å². The highest BCUT2D eigenvalue weighted by molar-refractivity contribution is 7.80. The number of amides is 1. The summed E-state index contributed by atoms with van der Waals surface area (Å²) in [5.41, 5.74) is 6.67. The second-order valence-electron chi connectivity index (χ2n) is 4.40. The average Bonchev–Trinajstić information content (AvgIpc) is 2.48. The normalized spacial score (nSPS) is 10.2. The van der Waals surface area contributed by atoms with E-state index < -0.39 is 11.7 Å². The highest BCUT2D eigenvalue weighted by Crippen LogP contribution is 2.21. The molecule has 2 aromatic carbocycles. The number of thiocarbonyl (C=S) groups is 1. The summed E-state index contributed by atoms with van der Waals surface area (Å²) in [5, 5.41) is 0.296. The lowest BCUT2D eigenvalue weighted by atomic mass is 10.1. The van der Waals surface area contributed by atoms with E-state index in [1.54, 1.807) is 31.3 Å². The van der Waals surface area contributed by atoms with Crippen molar-refractivity contribution in [2.24, 2.45) is 5.73 Å². The van der Waals surface area contributed by atoms with E-state index in [4.69, 9.17) is 29.6 Å². The molecule has 6 heteroatoms. The molecule has 0 saturated heterocycles. The first kappa shape index (κ1) is 15.4. The Morgan fingerprint density at radius 2 is 2.00 bits per heavy atom. The van der Waals surface area contributed by atoms with Crippen molar-refractivity contribution in [3.05, 3.63) is 64.4 Å². The topological polar surface area (TPSA) is 46.3 Å². The van der Waals surface area contributed by atoms with Gasteiger partial charge in [0.1, 0.15) is 10.8 Å².